The maximum absolute atomic E-state index is 13.3. The molecule has 0 bridgehead atoms. The Bertz CT molecular complexity index is 1160. The van der Waals surface area contributed by atoms with Crippen molar-refractivity contribution >= 4 is 26.8 Å². The van der Waals surface area contributed by atoms with Crippen molar-refractivity contribution in [3.63, 3.8) is 0 Å². The Labute approximate surface area is 209 Å². The number of nitrogens with one attached hydrogen (secondary N) is 1. The molecule has 194 valence electrons. The van der Waals surface area contributed by atoms with Gasteiger partial charge in [0.25, 0.3) is 5.91 Å². The zero-order valence-corrected chi connectivity index (χ0v) is 22.4. The molecular weight excluding hydrogens is 464 g/mol. The Morgan fingerprint density at radius 2 is 1.74 bits per heavy atom. The number of aromatic nitrogens is 1. The topological polar surface area (TPSA) is 91.7 Å². The van der Waals surface area contributed by atoms with E-state index in [1.165, 1.54) is 22.6 Å². The smallest absolute Gasteiger partial charge is 0.256 e. The first-order valence-corrected chi connectivity index (χ1v) is 14.0. The molecule has 8 nitrogen and oxygen atoms in total. The van der Waals surface area contributed by atoms with E-state index < -0.39 is 21.4 Å². The van der Waals surface area contributed by atoms with Crippen LogP contribution in [0, 0.1) is 0 Å². The fourth-order valence-electron chi connectivity index (χ4n) is 4.27. The lowest BCUT2D eigenvalue weighted by Gasteiger charge is -2.21. The second-order valence-electron chi connectivity index (χ2n) is 8.53. The molecule has 1 heterocycles. The Kier molecular flexibility index (Phi) is 11.1. The summed E-state index contributed by atoms with van der Waals surface area (Å²) >= 11 is 0. The molecule has 1 N–H and O–H groups in total. The summed E-state index contributed by atoms with van der Waals surface area (Å²) in [5, 5.41) is 3.06. The minimum Gasteiger partial charge on any atom is -0.352 e. The van der Waals surface area contributed by atoms with Crippen LogP contribution in [0.15, 0.2) is 46.7 Å². The molecule has 0 atom stereocenters. The van der Waals surface area contributed by atoms with Gasteiger partial charge in [-0.05, 0) is 57.1 Å². The van der Waals surface area contributed by atoms with Gasteiger partial charge >= 0.3 is 0 Å². The lowest BCUT2D eigenvalue weighted by atomic mass is 10.1. The Morgan fingerprint density at radius 1 is 1.09 bits per heavy atom. The number of carbonyl (C=O) groups excluding carboxylic acids is 1. The molecular formula is C26H40N4O4S. The standard InChI is InChI=1S/C26H40N4O4S/c1-6-15-28(16-7-2)18-11-14-27-26(32)23-20-29(17-8-3)24-13-12-21(19-22(24)25(23)31)35(33,34)30(9-4)10-5/h8,12-13,19-20H,3,6-7,9-11,14-18H2,1-2,4-5H3,(H,27,32). The molecule has 0 unspecified atom stereocenters. The van der Waals surface area contributed by atoms with E-state index in [9.17, 15) is 18.0 Å². The van der Waals surface area contributed by atoms with Crippen molar-refractivity contribution in [3.05, 3.63) is 52.8 Å². The van der Waals surface area contributed by atoms with E-state index in [-0.39, 0.29) is 15.8 Å². The zero-order chi connectivity index (χ0) is 26.0. The predicted octanol–water partition coefficient (Wildman–Crippen LogP) is 3.46. The minimum absolute atomic E-state index is 0.00397. The molecule has 0 saturated heterocycles. The number of fused-ring (bicyclic) bond motifs is 1. The van der Waals surface area contributed by atoms with Gasteiger partial charge in [-0.25, -0.2) is 8.42 Å². The number of carbonyl (C=O) groups is 1. The normalized spacial score (nSPS) is 11.9. The summed E-state index contributed by atoms with van der Waals surface area (Å²) in [6.07, 6.45) is 6.14. The van der Waals surface area contributed by atoms with Gasteiger partial charge in [0.05, 0.1) is 10.4 Å². The van der Waals surface area contributed by atoms with Gasteiger partial charge in [-0.2, -0.15) is 4.31 Å². The van der Waals surface area contributed by atoms with Crippen LogP contribution in [0.25, 0.3) is 10.9 Å². The first-order chi connectivity index (χ1) is 16.7. The van der Waals surface area contributed by atoms with E-state index in [0.29, 0.717) is 31.7 Å². The number of sulfonamides is 1. The maximum Gasteiger partial charge on any atom is 0.256 e. The van der Waals surface area contributed by atoms with Gasteiger partial charge in [0.2, 0.25) is 15.5 Å². The summed E-state index contributed by atoms with van der Waals surface area (Å²) in [6.45, 7) is 16.0. The van der Waals surface area contributed by atoms with Crippen molar-refractivity contribution in [3.8, 4) is 0 Å². The fraction of sp³-hybridized carbons (Fsp3) is 0.538. The van der Waals surface area contributed by atoms with E-state index in [1.807, 2.05) is 0 Å². The van der Waals surface area contributed by atoms with Gasteiger partial charge < -0.3 is 14.8 Å². The number of pyridine rings is 1. The van der Waals surface area contributed by atoms with E-state index in [2.05, 4.69) is 30.6 Å². The fourth-order valence-corrected chi connectivity index (χ4v) is 5.75. The van der Waals surface area contributed by atoms with Crippen LogP contribution in [0.2, 0.25) is 0 Å². The van der Waals surface area contributed by atoms with Crippen LogP contribution in [-0.2, 0) is 16.6 Å². The average molecular weight is 505 g/mol. The Balaban J connectivity index is 2.37. The summed E-state index contributed by atoms with van der Waals surface area (Å²) in [5.74, 6) is -0.454. The highest BCUT2D eigenvalue weighted by molar-refractivity contribution is 7.89. The molecule has 0 radical (unpaired) electrons. The Hall–Kier alpha value is -2.49. The van der Waals surface area contributed by atoms with Gasteiger partial charge in [-0.15, -0.1) is 6.58 Å². The lowest BCUT2D eigenvalue weighted by Crippen LogP contribution is -2.33. The highest BCUT2D eigenvalue weighted by Crippen LogP contribution is 2.21. The van der Waals surface area contributed by atoms with Gasteiger partial charge in [-0.1, -0.05) is 33.8 Å². The van der Waals surface area contributed by atoms with Crippen LogP contribution in [0.3, 0.4) is 0 Å². The molecule has 0 spiro atoms. The number of benzene rings is 1. The number of rotatable bonds is 15. The molecule has 1 aromatic carbocycles. The van der Waals surface area contributed by atoms with Crippen molar-refractivity contribution in [2.24, 2.45) is 0 Å². The van der Waals surface area contributed by atoms with Crippen molar-refractivity contribution < 1.29 is 13.2 Å². The summed E-state index contributed by atoms with van der Waals surface area (Å²) in [5.41, 5.74) is 0.0726. The van der Waals surface area contributed by atoms with Crippen LogP contribution in [0.1, 0.15) is 57.3 Å². The van der Waals surface area contributed by atoms with Gasteiger partial charge in [-0.3, -0.25) is 9.59 Å². The van der Waals surface area contributed by atoms with Crippen molar-refractivity contribution in [1.82, 2.24) is 19.1 Å². The maximum atomic E-state index is 13.3. The molecule has 2 rings (SSSR count). The third-order valence-corrected chi connectivity index (χ3v) is 8.03. The van der Waals surface area contributed by atoms with E-state index in [0.717, 1.165) is 38.9 Å². The monoisotopic (exact) mass is 504 g/mol. The van der Waals surface area contributed by atoms with Crippen LogP contribution < -0.4 is 10.7 Å². The average Bonchev–Trinajstić information content (AvgIpc) is 2.84. The predicted molar refractivity (Wildman–Crippen MR) is 142 cm³/mol. The number of amides is 1. The van der Waals surface area contributed by atoms with Crippen LogP contribution in [-0.4, -0.2) is 67.4 Å². The van der Waals surface area contributed by atoms with Crippen molar-refractivity contribution in [2.45, 2.75) is 58.4 Å². The van der Waals surface area contributed by atoms with Crippen LogP contribution in [0.5, 0.6) is 0 Å². The van der Waals surface area contributed by atoms with Gasteiger partial charge in [0.15, 0.2) is 0 Å². The number of allylic oxidation sites excluding steroid dienone is 1. The SMILES string of the molecule is C=CCn1cc(C(=O)NCCCN(CCC)CCC)c(=O)c2cc(S(=O)(=O)N(CC)CC)ccc21. The first-order valence-electron chi connectivity index (χ1n) is 12.5. The molecule has 1 aromatic heterocycles. The van der Waals surface area contributed by atoms with Gasteiger partial charge in [0.1, 0.15) is 5.56 Å². The second-order valence-corrected chi connectivity index (χ2v) is 10.5. The zero-order valence-electron chi connectivity index (χ0n) is 21.5. The number of hydrogen-bond acceptors (Lipinski definition) is 5. The van der Waals surface area contributed by atoms with Gasteiger partial charge in [0, 0.05) is 37.8 Å². The van der Waals surface area contributed by atoms with Crippen LogP contribution in [0.4, 0.5) is 0 Å². The molecule has 0 fully saturated rings. The van der Waals surface area contributed by atoms with E-state index in [1.54, 1.807) is 30.6 Å². The second kappa shape index (κ2) is 13.6. The van der Waals surface area contributed by atoms with E-state index >= 15 is 0 Å². The third-order valence-electron chi connectivity index (χ3n) is 5.98. The molecule has 1 amide bonds. The number of nitrogens with zero attached hydrogens (tertiary/aromatic N) is 3. The highest BCUT2D eigenvalue weighted by Gasteiger charge is 2.23. The van der Waals surface area contributed by atoms with Crippen LogP contribution >= 0.6 is 0 Å². The number of hydrogen-bond donors (Lipinski definition) is 1. The quantitative estimate of drug-likeness (QED) is 0.296. The first kappa shape index (κ1) is 28.7. The molecule has 0 aliphatic rings. The largest absolute Gasteiger partial charge is 0.352 e. The molecule has 2 aromatic rings. The van der Waals surface area contributed by atoms with E-state index in [4.69, 9.17) is 0 Å². The van der Waals surface area contributed by atoms with Crippen molar-refractivity contribution in [2.75, 3.05) is 39.3 Å². The lowest BCUT2D eigenvalue weighted by molar-refractivity contribution is 0.0950. The summed E-state index contributed by atoms with van der Waals surface area (Å²) in [6, 6.07) is 4.51. The molecule has 0 saturated carbocycles. The minimum atomic E-state index is -3.74. The molecule has 0 aliphatic heterocycles. The van der Waals surface area contributed by atoms with Crippen molar-refractivity contribution in [1.29, 1.82) is 0 Å². The highest BCUT2D eigenvalue weighted by atomic mass is 32.2. The summed E-state index contributed by atoms with van der Waals surface area (Å²) in [7, 11) is -3.74. The third kappa shape index (κ3) is 7.02. The molecule has 9 heteroatoms. The Morgan fingerprint density at radius 3 is 2.31 bits per heavy atom. The summed E-state index contributed by atoms with van der Waals surface area (Å²) < 4.78 is 29.1. The molecule has 0 aliphatic carbocycles. The molecule has 35 heavy (non-hydrogen) atoms. The summed E-state index contributed by atoms with van der Waals surface area (Å²) in [4.78, 5) is 28.7.